The van der Waals surface area contributed by atoms with Gasteiger partial charge in [0.2, 0.25) is 0 Å². The van der Waals surface area contributed by atoms with Gasteiger partial charge in [-0.25, -0.2) is 9.55 Å². The molecule has 0 aliphatic heterocycles. The van der Waals surface area contributed by atoms with Gasteiger partial charge < -0.3 is 1.43 Å². The number of halogens is 3. The van der Waals surface area contributed by atoms with Gasteiger partial charge in [0.05, 0.1) is 0 Å². The van der Waals surface area contributed by atoms with E-state index in [1.165, 1.54) is 0 Å². The van der Waals surface area contributed by atoms with Crippen LogP contribution in [0.15, 0.2) is 18.7 Å². The van der Waals surface area contributed by atoms with Gasteiger partial charge in [0.25, 0.3) is 0 Å². The Balaban J connectivity index is 0. The van der Waals surface area contributed by atoms with E-state index in [9.17, 15) is 13.2 Å². The first-order valence-electron chi connectivity index (χ1n) is 2.16. The molecule has 52 valence electrons. The van der Waals surface area contributed by atoms with Crippen molar-refractivity contribution in [3.63, 3.8) is 0 Å². The van der Waals surface area contributed by atoms with E-state index in [4.69, 9.17) is 0 Å². The normalized spacial score (nSPS) is 10.7. The molecule has 0 atom stereocenters. The molecule has 0 N–H and O–H groups in total. The molecule has 0 fully saturated rings. The maximum atomic E-state index is 11.5. The monoisotopic (exact) mass is 144 g/mol. The van der Waals surface area contributed by atoms with Crippen molar-refractivity contribution in [2.75, 3.05) is 0 Å². The summed E-state index contributed by atoms with van der Waals surface area (Å²) in [5.74, 6) is 0. The minimum atomic E-state index is -4.32. The number of hydrogen-bond acceptors (Lipinski definition) is 1. The van der Waals surface area contributed by atoms with E-state index in [1.54, 1.807) is 0 Å². The van der Waals surface area contributed by atoms with E-state index >= 15 is 0 Å². The average Bonchev–Trinajstić information content (AvgIpc) is 2.08. The summed E-state index contributed by atoms with van der Waals surface area (Å²) < 4.78 is 34.7. The quantitative estimate of drug-likeness (QED) is 0.404. The van der Waals surface area contributed by atoms with Gasteiger partial charge in [-0.1, -0.05) is 0 Å². The largest absolute Gasteiger partial charge is 1.00 e. The summed E-state index contributed by atoms with van der Waals surface area (Å²) in [5.41, 5.74) is 0. The molecule has 0 saturated carbocycles. The van der Waals surface area contributed by atoms with Crippen molar-refractivity contribution in [3.8, 4) is 0 Å². The molecule has 6 heteroatoms. The van der Waals surface area contributed by atoms with Crippen molar-refractivity contribution in [3.05, 3.63) is 18.7 Å². The van der Waals surface area contributed by atoms with Gasteiger partial charge in [-0.2, -0.15) is 0 Å². The third kappa shape index (κ3) is 2.08. The van der Waals surface area contributed by atoms with Crippen LogP contribution in [0.1, 0.15) is 1.43 Å². The Kier molecular flexibility index (Phi) is 3.00. The van der Waals surface area contributed by atoms with Crippen LogP contribution >= 0.6 is 0 Å². The van der Waals surface area contributed by atoms with E-state index in [-0.39, 0.29) is 24.9 Å². The van der Waals surface area contributed by atoms with Gasteiger partial charge in [-0.15, -0.1) is 13.2 Å². The van der Waals surface area contributed by atoms with Gasteiger partial charge in [-0.05, 0) is 0 Å². The smallest absolute Gasteiger partial charge is 1.00 e. The number of imidazole rings is 1. The zero-order valence-corrected chi connectivity index (χ0v) is 5.26. The van der Waals surface area contributed by atoms with E-state index in [1.807, 2.05) is 0 Å². The first kappa shape index (κ1) is 9.60. The van der Waals surface area contributed by atoms with Gasteiger partial charge in [0.15, 0.2) is 0 Å². The third-order valence-corrected chi connectivity index (χ3v) is 0.797. The molecule has 0 radical (unpaired) electrons. The molecule has 1 heterocycles. The molecule has 0 spiro atoms. The summed E-state index contributed by atoms with van der Waals surface area (Å²) >= 11 is 0. The molecule has 2 nitrogen and oxygen atoms in total. The first-order valence-corrected chi connectivity index (χ1v) is 2.16. The zero-order valence-electron chi connectivity index (χ0n) is 6.26. The van der Waals surface area contributed by atoms with Gasteiger partial charge >= 0.3 is 25.2 Å². The van der Waals surface area contributed by atoms with Crippen molar-refractivity contribution in [2.45, 2.75) is 6.30 Å². The maximum absolute atomic E-state index is 11.5. The van der Waals surface area contributed by atoms with Gasteiger partial charge in [-0.3, -0.25) is 0 Å². The van der Waals surface area contributed by atoms with Crippen LogP contribution in [-0.4, -0.2) is 9.55 Å². The molecule has 0 amide bonds. The molecule has 0 aromatic carbocycles. The third-order valence-electron chi connectivity index (χ3n) is 0.797. The topological polar surface area (TPSA) is 17.8 Å². The summed E-state index contributed by atoms with van der Waals surface area (Å²) in [6.07, 6.45) is -1.69. The molecule has 0 saturated heterocycles. The molecule has 1 aromatic heterocycles. The fourth-order valence-electron chi connectivity index (χ4n) is 0.409. The predicted molar refractivity (Wildman–Crippen MR) is 24.6 cm³/mol. The second kappa shape index (κ2) is 3.13. The molecular formula is C4H4F3LiN2. The van der Waals surface area contributed by atoms with Crippen LogP contribution < -0.4 is 18.9 Å². The van der Waals surface area contributed by atoms with Crippen LogP contribution in [0.2, 0.25) is 0 Å². The van der Waals surface area contributed by atoms with Crippen LogP contribution in [0.3, 0.4) is 0 Å². The SMILES string of the molecule is FC(F)(F)n1ccnc1.[H-].[Li+]. The standard InChI is InChI=1S/C4H3F3N2.Li.H/c5-4(6,7)9-2-1-8-3-9;;/h1-3H;;/q;+1;-1. The van der Waals surface area contributed by atoms with Crippen molar-refractivity contribution < 1.29 is 33.5 Å². The van der Waals surface area contributed by atoms with Crippen LogP contribution in [0, 0.1) is 0 Å². The minimum Gasteiger partial charge on any atom is -1.00 e. The Morgan fingerprint density at radius 1 is 1.40 bits per heavy atom. The van der Waals surface area contributed by atoms with Crippen LogP contribution in [0.4, 0.5) is 13.2 Å². The number of nitrogens with zero attached hydrogens (tertiary/aromatic N) is 2. The second-order valence-corrected chi connectivity index (χ2v) is 1.44. The number of alkyl halides is 3. The summed E-state index contributed by atoms with van der Waals surface area (Å²) in [4.78, 5) is 3.23. The molecule has 0 aliphatic carbocycles. The Morgan fingerprint density at radius 2 is 2.00 bits per heavy atom. The van der Waals surface area contributed by atoms with Gasteiger partial charge in [0.1, 0.15) is 6.33 Å². The van der Waals surface area contributed by atoms with Crippen LogP contribution in [0.5, 0.6) is 0 Å². The summed E-state index contributed by atoms with van der Waals surface area (Å²) in [6, 6.07) is 0. The van der Waals surface area contributed by atoms with Crippen LogP contribution in [-0.2, 0) is 6.30 Å². The molecule has 0 aliphatic rings. The number of rotatable bonds is 0. The Morgan fingerprint density at radius 3 is 2.20 bits per heavy atom. The summed E-state index contributed by atoms with van der Waals surface area (Å²) in [5, 5.41) is 0. The number of aromatic nitrogens is 2. The van der Waals surface area contributed by atoms with E-state index in [0.29, 0.717) is 6.33 Å². The van der Waals surface area contributed by atoms with Crippen molar-refractivity contribution in [2.24, 2.45) is 0 Å². The second-order valence-electron chi connectivity index (χ2n) is 1.44. The Labute approximate surface area is 68.7 Å². The van der Waals surface area contributed by atoms with Crippen molar-refractivity contribution in [1.29, 1.82) is 0 Å². The Hall–Kier alpha value is -0.403. The van der Waals surface area contributed by atoms with E-state index in [0.717, 1.165) is 12.4 Å². The van der Waals surface area contributed by atoms with Gasteiger partial charge in [0, 0.05) is 12.4 Å². The number of hydrogen-bond donors (Lipinski definition) is 0. The predicted octanol–water partition coefficient (Wildman–Crippen LogP) is -1.52. The first-order chi connectivity index (χ1) is 4.11. The zero-order chi connectivity index (χ0) is 6.91. The summed E-state index contributed by atoms with van der Waals surface area (Å²) in [6.45, 7) is 0. The van der Waals surface area contributed by atoms with E-state index < -0.39 is 6.30 Å². The molecular weight excluding hydrogens is 140 g/mol. The fraction of sp³-hybridized carbons (Fsp3) is 0.250. The minimum absolute atomic E-state index is 0. The van der Waals surface area contributed by atoms with E-state index in [2.05, 4.69) is 4.98 Å². The molecule has 0 bridgehead atoms. The fourth-order valence-corrected chi connectivity index (χ4v) is 0.409. The maximum Gasteiger partial charge on any atom is 1.00 e. The Bertz CT molecular complexity index is 186. The van der Waals surface area contributed by atoms with Crippen molar-refractivity contribution >= 4 is 0 Å². The summed E-state index contributed by atoms with van der Waals surface area (Å²) in [7, 11) is 0. The average molecular weight is 144 g/mol. The van der Waals surface area contributed by atoms with Crippen LogP contribution in [0.25, 0.3) is 0 Å². The molecule has 10 heavy (non-hydrogen) atoms. The molecule has 0 unspecified atom stereocenters. The molecule has 1 rings (SSSR count). The molecule has 1 aromatic rings. The van der Waals surface area contributed by atoms with Crippen molar-refractivity contribution in [1.82, 2.24) is 9.55 Å².